The van der Waals surface area contributed by atoms with Crippen molar-refractivity contribution in [3.63, 3.8) is 0 Å². The largest absolute Gasteiger partial charge is 0.488 e. The smallest absolute Gasteiger partial charge is 0.308 e. The fourth-order valence-corrected chi connectivity index (χ4v) is 3.89. The van der Waals surface area contributed by atoms with Gasteiger partial charge in [-0.2, -0.15) is 0 Å². The Balaban J connectivity index is 1.54. The number of methoxy groups -OCH3 is 1. The molecule has 0 bridgehead atoms. The molecule has 2 aromatic rings. The molecular formula is C20H25N3O4. The minimum absolute atomic E-state index is 0.00827. The molecule has 1 aromatic carbocycles. The molecule has 0 atom stereocenters. The fourth-order valence-electron chi connectivity index (χ4n) is 3.89. The zero-order valence-corrected chi connectivity index (χ0v) is 15.6. The maximum atomic E-state index is 11.7. The molecule has 0 N–H and O–H groups in total. The molecule has 7 nitrogen and oxygen atoms in total. The summed E-state index contributed by atoms with van der Waals surface area (Å²) in [6.45, 7) is 3.17. The van der Waals surface area contributed by atoms with E-state index in [2.05, 4.69) is 27.0 Å². The number of carbonyl (C=O) groups is 1. The lowest BCUT2D eigenvalue weighted by molar-refractivity contribution is -0.147. The summed E-state index contributed by atoms with van der Waals surface area (Å²) in [6, 6.07) is 4.13. The Morgan fingerprint density at radius 1 is 1.11 bits per heavy atom. The van der Waals surface area contributed by atoms with Gasteiger partial charge in [-0.05, 0) is 31.7 Å². The fraction of sp³-hybridized carbons (Fsp3) is 0.550. The summed E-state index contributed by atoms with van der Waals surface area (Å²) in [4.78, 5) is 23.0. The number of rotatable bonds is 4. The lowest BCUT2D eigenvalue weighted by Gasteiger charge is -2.30. The Hall–Kier alpha value is -2.41. The van der Waals surface area contributed by atoms with Gasteiger partial charge in [-0.1, -0.05) is 0 Å². The van der Waals surface area contributed by atoms with Crippen LogP contribution in [0.4, 0.5) is 5.69 Å². The SMILES string of the molecule is COC(=O)[C@H]1CC[C@@H](Oc2cc(N3CCOCC3)cc3nccnc23)CC1. The van der Waals surface area contributed by atoms with Crippen molar-refractivity contribution >= 4 is 22.7 Å². The van der Waals surface area contributed by atoms with E-state index in [9.17, 15) is 4.79 Å². The van der Waals surface area contributed by atoms with E-state index in [-0.39, 0.29) is 18.0 Å². The van der Waals surface area contributed by atoms with Crippen LogP contribution in [-0.4, -0.2) is 55.5 Å². The quantitative estimate of drug-likeness (QED) is 0.765. The Bertz CT molecular complexity index is 799. The first-order valence-corrected chi connectivity index (χ1v) is 9.56. The first kappa shape index (κ1) is 18.0. The highest BCUT2D eigenvalue weighted by Gasteiger charge is 2.28. The Morgan fingerprint density at radius 3 is 2.59 bits per heavy atom. The van der Waals surface area contributed by atoms with Crippen LogP contribution >= 0.6 is 0 Å². The van der Waals surface area contributed by atoms with Gasteiger partial charge in [-0.3, -0.25) is 9.78 Å². The third-order valence-corrected chi connectivity index (χ3v) is 5.40. The van der Waals surface area contributed by atoms with Gasteiger partial charge in [0.25, 0.3) is 0 Å². The Kier molecular flexibility index (Phi) is 5.38. The molecule has 0 spiro atoms. The van der Waals surface area contributed by atoms with Crippen molar-refractivity contribution < 1.29 is 19.0 Å². The number of aromatic nitrogens is 2. The summed E-state index contributed by atoms with van der Waals surface area (Å²) < 4.78 is 16.7. The molecule has 0 amide bonds. The molecule has 1 aromatic heterocycles. The summed E-state index contributed by atoms with van der Waals surface area (Å²) in [7, 11) is 1.45. The summed E-state index contributed by atoms with van der Waals surface area (Å²) in [5.41, 5.74) is 2.70. The van der Waals surface area contributed by atoms with Crippen molar-refractivity contribution in [2.45, 2.75) is 31.8 Å². The molecule has 1 aliphatic carbocycles. The number of morpholine rings is 1. The van der Waals surface area contributed by atoms with Crippen LogP contribution in [0.15, 0.2) is 24.5 Å². The van der Waals surface area contributed by atoms with Crippen molar-refractivity contribution in [1.29, 1.82) is 0 Å². The third kappa shape index (κ3) is 3.98. The molecule has 0 radical (unpaired) electrons. The number of esters is 1. The van der Waals surface area contributed by atoms with E-state index in [1.54, 1.807) is 12.4 Å². The van der Waals surface area contributed by atoms with Crippen LogP contribution < -0.4 is 9.64 Å². The van der Waals surface area contributed by atoms with Crippen molar-refractivity contribution in [1.82, 2.24) is 9.97 Å². The molecule has 27 heavy (non-hydrogen) atoms. The number of ether oxygens (including phenoxy) is 3. The van der Waals surface area contributed by atoms with Crippen LogP contribution in [0.2, 0.25) is 0 Å². The number of nitrogens with zero attached hydrogens (tertiary/aromatic N) is 3. The van der Waals surface area contributed by atoms with Crippen molar-refractivity contribution in [2.24, 2.45) is 5.92 Å². The predicted octanol–water partition coefficient (Wildman–Crippen LogP) is 2.58. The molecule has 1 aliphatic heterocycles. The standard InChI is InChI=1S/C20H25N3O4/c1-25-20(24)14-2-4-16(5-3-14)27-18-13-15(23-8-10-26-11-9-23)12-17-19(18)22-7-6-21-17/h6-7,12-14,16H,2-5,8-11H2,1H3/t14-,16+. The number of benzene rings is 1. The number of anilines is 1. The summed E-state index contributed by atoms with van der Waals surface area (Å²) in [6.07, 6.45) is 6.74. The topological polar surface area (TPSA) is 73.8 Å². The van der Waals surface area contributed by atoms with E-state index in [1.165, 1.54) is 7.11 Å². The molecule has 144 valence electrons. The molecule has 0 unspecified atom stereocenters. The van der Waals surface area contributed by atoms with Crippen molar-refractivity contribution in [3.05, 3.63) is 24.5 Å². The number of hydrogen-bond acceptors (Lipinski definition) is 7. The lowest BCUT2D eigenvalue weighted by Crippen LogP contribution is -2.36. The molecule has 2 fully saturated rings. The van der Waals surface area contributed by atoms with Gasteiger partial charge in [0.15, 0.2) is 0 Å². The summed E-state index contributed by atoms with van der Waals surface area (Å²) in [5.74, 6) is 0.647. The van der Waals surface area contributed by atoms with Gasteiger partial charge in [0.1, 0.15) is 11.3 Å². The second-order valence-electron chi connectivity index (χ2n) is 7.08. The molecule has 1 saturated carbocycles. The maximum absolute atomic E-state index is 11.7. The second-order valence-corrected chi connectivity index (χ2v) is 7.08. The molecule has 1 saturated heterocycles. The minimum Gasteiger partial charge on any atom is -0.488 e. The minimum atomic E-state index is -0.112. The normalized spacial score (nSPS) is 23.2. The maximum Gasteiger partial charge on any atom is 0.308 e. The van der Waals surface area contributed by atoms with Crippen molar-refractivity contribution in [2.75, 3.05) is 38.3 Å². The molecular weight excluding hydrogens is 346 g/mol. The number of fused-ring (bicyclic) bond motifs is 1. The average molecular weight is 371 g/mol. The Morgan fingerprint density at radius 2 is 1.85 bits per heavy atom. The molecule has 2 heterocycles. The second kappa shape index (κ2) is 8.08. The van der Waals surface area contributed by atoms with Gasteiger partial charge in [0.2, 0.25) is 0 Å². The monoisotopic (exact) mass is 371 g/mol. The highest BCUT2D eigenvalue weighted by atomic mass is 16.5. The molecule has 4 rings (SSSR count). The van der Waals surface area contributed by atoms with Gasteiger partial charge in [-0.25, -0.2) is 4.98 Å². The van der Waals surface area contributed by atoms with E-state index >= 15 is 0 Å². The summed E-state index contributed by atoms with van der Waals surface area (Å²) in [5, 5.41) is 0. The highest BCUT2D eigenvalue weighted by molar-refractivity contribution is 5.85. The Labute approximate surface area is 158 Å². The van der Waals surface area contributed by atoms with Gasteiger partial charge in [0, 0.05) is 37.2 Å². The molecule has 2 aliphatic rings. The van der Waals surface area contributed by atoms with Crippen LogP contribution in [0.1, 0.15) is 25.7 Å². The van der Waals surface area contributed by atoms with Crippen LogP contribution in [0, 0.1) is 5.92 Å². The van der Waals surface area contributed by atoms with Gasteiger partial charge in [0.05, 0.1) is 37.9 Å². The zero-order valence-electron chi connectivity index (χ0n) is 15.6. The van der Waals surface area contributed by atoms with Gasteiger partial charge >= 0.3 is 5.97 Å². The summed E-state index contributed by atoms with van der Waals surface area (Å²) >= 11 is 0. The average Bonchev–Trinajstić information content (AvgIpc) is 2.74. The number of hydrogen-bond donors (Lipinski definition) is 0. The van der Waals surface area contributed by atoms with Crippen LogP contribution in [-0.2, 0) is 14.3 Å². The van der Waals surface area contributed by atoms with Gasteiger partial charge < -0.3 is 19.1 Å². The van der Waals surface area contributed by atoms with Crippen LogP contribution in [0.3, 0.4) is 0 Å². The third-order valence-electron chi connectivity index (χ3n) is 5.40. The molecule has 7 heteroatoms. The first-order chi connectivity index (χ1) is 13.2. The van der Waals surface area contributed by atoms with Gasteiger partial charge in [-0.15, -0.1) is 0 Å². The number of carbonyl (C=O) groups excluding carboxylic acids is 1. The van der Waals surface area contributed by atoms with E-state index in [4.69, 9.17) is 14.2 Å². The highest BCUT2D eigenvalue weighted by Crippen LogP contribution is 2.34. The van der Waals surface area contributed by atoms with Crippen molar-refractivity contribution in [3.8, 4) is 5.75 Å². The predicted molar refractivity (Wildman–Crippen MR) is 101 cm³/mol. The first-order valence-electron chi connectivity index (χ1n) is 9.56. The van der Waals surface area contributed by atoms with E-state index in [1.807, 2.05) is 0 Å². The van der Waals surface area contributed by atoms with Crippen LogP contribution in [0.5, 0.6) is 5.75 Å². The lowest BCUT2D eigenvalue weighted by atomic mass is 9.87. The van der Waals surface area contributed by atoms with E-state index in [0.29, 0.717) is 0 Å². The van der Waals surface area contributed by atoms with Crippen LogP contribution in [0.25, 0.3) is 11.0 Å². The van der Waals surface area contributed by atoms with E-state index < -0.39 is 0 Å². The zero-order chi connectivity index (χ0) is 18.6. The van der Waals surface area contributed by atoms with E-state index in [0.717, 1.165) is 74.5 Å².